The molecule has 2 aromatic rings. The van der Waals surface area contributed by atoms with Crippen molar-refractivity contribution in [2.75, 3.05) is 18.0 Å². The first kappa shape index (κ1) is 14.4. The third kappa shape index (κ3) is 2.77. The maximum absolute atomic E-state index is 12.4. The zero-order chi connectivity index (χ0) is 14.8. The Hall–Kier alpha value is -2.02. The molecule has 0 aliphatic rings. The average molecular weight is 295 g/mol. The van der Waals surface area contributed by atoms with Gasteiger partial charge in [-0.15, -0.1) is 0 Å². The van der Waals surface area contributed by atoms with Gasteiger partial charge in [0.05, 0.1) is 18.6 Å². The molecule has 1 aromatic heterocycles. The van der Waals surface area contributed by atoms with Gasteiger partial charge in [0.2, 0.25) is 0 Å². The Kier molecular flexibility index (Phi) is 3.99. The van der Waals surface area contributed by atoms with Crippen molar-refractivity contribution in [1.82, 2.24) is 9.55 Å². The van der Waals surface area contributed by atoms with Crippen LogP contribution in [-0.4, -0.2) is 31.6 Å². The summed E-state index contributed by atoms with van der Waals surface area (Å²) >= 11 is 0. The Bertz CT molecular complexity index is 677. The highest BCUT2D eigenvalue weighted by Crippen LogP contribution is 2.23. The molecule has 1 heterocycles. The number of imidazole rings is 1. The molecule has 0 unspecified atom stereocenters. The smallest absolute Gasteiger partial charge is 0.283 e. The SMILES string of the molecule is CCOc1ccc(N(C)S(=O)(=O)c2cn(C)cn2)cc1. The molecule has 0 spiro atoms. The standard InChI is InChI=1S/C13H17N3O3S/c1-4-19-12-7-5-11(6-8-12)16(3)20(17,18)13-9-15(2)10-14-13/h5-10H,4H2,1-3H3. The second-order valence-electron chi connectivity index (χ2n) is 4.28. The lowest BCUT2D eigenvalue weighted by Crippen LogP contribution is -2.26. The topological polar surface area (TPSA) is 64.4 Å². The average Bonchev–Trinajstić information content (AvgIpc) is 2.86. The molecule has 1 aromatic carbocycles. The van der Waals surface area contributed by atoms with Crippen LogP contribution in [0.2, 0.25) is 0 Å². The lowest BCUT2D eigenvalue weighted by Gasteiger charge is -2.18. The molecule has 6 nitrogen and oxygen atoms in total. The summed E-state index contributed by atoms with van der Waals surface area (Å²) in [5, 5.41) is 0.0244. The van der Waals surface area contributed by atoms with E-state index in [4.69, 9.17) is 4.74 Å². The van der Waals surface area contributed by atoms with Crippen molar-refractivity contribution in [1.29, 1.82) is 0 Å². The summed E-state index contributed by atoms with van der Waals surface area (Å²) in [6.45, 7) is 2.47. The monoisotopic (exact) mass is 295 g/mol. The molecule has 0 saturated carbocycles. The molecule has 0 aliphatic heterocycles. The molecule has 0 saturated heterocycles. The highest BCUT2D eigenvalue weighted by atomic mass is 32.2. The summed E-state index contributed by atoms with van der Waals surface area (Å²) in [7, 11) is -0.411. The fourth-order valence-electron chi connectivity index (χ4n) is 1.72. The van der Waals surface area contributed by atoms with Gasteiger partial charge < -0.3 is 9.30 Å². The van der Waals surface area contributed by atoms with Crippen LogP contribution in [0.15, 0.2) is 41.8 Å². The Balaban J connectivity index is 2.28. The number of ether oxygens (including phenoxy) is 1. The summed E-state index contributed by atoms with van der Waals surface area (Å²) in [5.41, 5.74) is 0.555. The summed E-state index contributed by atoms with van der Waals surface area (Å²) in [6, 6.07) is 6.88. The van der Waals surface area contributed by atoms with E-state index in [1.807, 2.05) is 6.92 Å². The minimum atomic E-state index is -3.64. The van der Waals surface area contributed by atoms with Crippen LogP contribution in [0.4, 0.5) is 5.69 Å². The van der Waals surface area contributed by atoms with Crippen molar-refractivity contribution in [3.05, 3.63) is 36.8 Å². The van der Waals surface area contributed by atoms with Crippen LogP contribution in [-0.2, 0) is 17.1 Å². The van der Waals surface area contributed by atoms with Crippen LogP contribution in [0.1, 0.15) is 6.92 Å². The molecular weight excluding hydrogens is 278 g/mol. The van der Waals surface area contributed by atoms with E-state index in [1.54, 1.807) is 35.9 Å². The maximum atomic E-state index is 12.4. The number of anilines is 1. The van der Waals surface area contributed by atoms with Gasteiger partial charge in [0.25, 0.3) is 10.0 Å². The first-order chi connectivity index (χ1) is 9.45. The van der Waals surface area contributed by atoms with E-state index < -0.39 is 10.0 Å². The number of hydrogen-bond acceptors (Lipinski definition) is 4. The van der Waals surface area contributed by atoms with E-state index in [9.17, 15) is 8.42 Å². The van der Waals surface area contributed by atoms with Crippen LogP contribution in [0.5, 0.6) is 5.75 Å². The summed E-state index contributed by atoms with van der Waals surface area (Å²) in [5.74, 6) is 0.708. The second kappa shape index (κ2) is 5.54. The predicted octanol–water partition coefficient (Wildman–Crippen LogP) is 1.64. The molecule has 0 bridgehead atoms. The van der Waals surface area contributed by atoms with Gasteiger partial charge in [-0.1, -0.05) is 0 Å². The van der Waals surface area contributed by atoms with E-state index in [-0.39, 0.29) is 5.03 Å². The molecule has 2 rings (SSSR count). The number of sulfonamides is 1. The largest absolute Gasteiger partial charge is 0.494 e. The zero-order valence-electron chi connectivity index (χ0n) is 11.6. The van der Waals surface area contributed by atoms with Gasteiger partial charge in [0.15, 0.2) is 5.03 Å². The number of aryl methyl sites for hydroxylation is 1. The zero-order valence-corrected chi connectivity index (χ0v) is 12.5. The van der Waals surface area contributed by atoms with Gasteiger partial charge in [0.1, 0.15) is 5.75 Å². The summed E-state index contributed by atoms with van der Waals surface area (Å²) < 4.78 is 32.9. The van der Waals surface area contributed by atoms with Crippen molar-refractivity contribution < 1.29 is 13.2 Å². The Morgan fingerprint density at radius 1 is 1.30 bits per heavy atom. The van der Waals surface area contributed by atoms with Crippen molar-refractivity contribution in [2.45, 2.75) is 11.9 Å². The Morgan fingerprint density at radius 3 is 2.45 bits per heavy atom. The molecule has 0 fully saturated rings. The highest BCUT2D eigenvalue weighted by Gasteiger charge is 2.23. The van der Waals surface area contributed by atoms with Gasteiger partial charge in [-0.25, -0.2) is 4.98 Å². The number of aromatic nitrogens is 2. The molecule has 108 valence electrons. The molecular formula is C13H17N3O3S. The highest BCUT2D eigenvalue weighted by molar-refractivity contribution is 7.92. The summed E-state index contributed by atoms with van der Waals surface area (Å²) in [6.07, 6.45) is 2.93. The van der Waals surface area contributed by atoms with Crippen molar-refractivity contribution >= 4 is 15.7 Å². The number of benzene rings is 1. The van der Waals surface area contributed by atoms with E-state index in [0.717, 1.165) is 0 Å². The normalized spacial score (nSPS) is 11.3. The molecule has 7 heteroatoms. The number of hydrogen-bond donors (Lipinski definition) is 0. The van der Waals surface area contributed by atoms with Gasteiger partial charge in [-0.2, -0.15) is 8.42 Å². The number of nitrogens with zero attached hydrogens (tertiary/aromatic N) is 3. The number of rotatable bonds is 5. The van der Waals surface area contributed by atoms with E-state index in [0.29, 0.717) is 18.0 Å². The minimum Gasteiger partial charge on any atom is -0.494 e. The predicted molar refractivity (Wildman–Crippen MR) is 76.4 cm³/mol. The summed E-state index contributed by atoms with van der Waals surface area (Å²) in [4.78, 5) is 3.89. The maximum Gasteiger partial charge on any atom is 0.283 e. The quantitative estimate of drug-likeness (QED) is 0.841. The molecule has 0 aliphatic carbocycles. The van der Waals surface area contributed by atoms with Gasteiger partial charge in [-0.05, 0) is 31.2 Å². The fraction of sp³-hybridized carbons (Fsp3) is 0.308. The van der Waals surface area contributed by atoms with Crippen LogP contribution in [0.25, 0.3) is 0 Å². The Labute approximate surface area is 118 Å². The second-order valence-corrected chi connectivity index (χ2v) is 6.19. The first-order valence-electron chi connectivity index (χ1n) is 6.15. The lowest BCUT2D eigenvalue weighted by molar-refractivity contribution is 0.340. The van der Waals surface area contributed by atoms with E-state index in [2.05, 4.69) is 4.98 Å². The van der Waals surface area contributed by atoms with Crippen LogP contribution in [0.3, 0.4) is 0 Å². The lowest BCUT2D eigenvalue weighted by atomic mass is 10.3. The molecule has 0 radical (unpaired) electrons. The Morgan fingerprint density at radius 2 is 1.95 bits per heavy atom. The van der Waals surface area contributed by atoms with Crippen molar-refractivity contribution in [3.8, 4) is 5.75 Å². The molecule has 0 N–H and O–H groups in total. The third-order valence-electron chi connectivity index (χ3n) is 2.82. The van der Waals surface area contributed by atoms with Gasteiger partial charge in [0, 0.05) is 20.3 Å². The van der Waals surface area contributed by atoms with Crippen LogP contribution < -0.4 is 9.04 Å². The van der Waals surface area contributed by atoms with E-state index in [1.165, 1.54) is 23.9 Å². The van der Waals surface area contributed by atoms with Crippen LogP contribution in [0, 0.1) is 0 Å². The first-order valence-corrected chi connectivity index (χ1v) is 7.59. The van der Waals surface area contributed by atoms with E-state index >= 15 is 0 Å². The molecule has 0 atom stereocenters. The van der Waals surface area contributed by atoms with Crippen molar-refractivity contribution in [3.63, 3.8) is 0 Å². The van der Waals surface area contributed by atoms with Crippen molar-refractivity contribution in [2.24, 2.45) is 7.05 Å². The van der Waals surface area contributed by atoms with Gasteiger partial charge >= 0.3 is 0 Å². The molecule has 0 amide bonds. The molecule has 20 heavy (non-hydrogen) atoms. The third-order valence-corrected chi connectivity index (χ3v) is 4.49. The van der Waals surface area contributed by atoms with Gasteiger partial charge in [-0.3, -0.25) is 4.31 Å². The fourth-order valence-corrected chi connectivity index (χ4v) is 2.88. The van der Waals surface area contributed by atoms with Crippen LogP contribution >= 0.6 is 0 Å². The minimum absolute atomic E-state index is 0.0244.